The molecule has 1 saturated carbocycles. The van der Waals surface area contributed by atoms with E-state index in [4.69, 9.17) is 12.6 Å². The van der Waals surface area contributed by atoms with E-state index in [1.165, 1.54) is 19.1 Å². The van der Waals surface area contributed by atoms with Gasteiger partial charge < -0.3 is 5.73 Å². The Morgan fingerprint density at radius 3 is 3.05 bits per heavy atom. The Hall–Kier alpha value is -2.50. The van der Waals surface area contributed by atoms with Crippen LogP contribution < -0.4 is 11.3 Å². The van der Waals surface area contributed by atoms with Gasteiger partial charge in [0.2, 0.25) is 0 Å². The number of nitrogen functional groups attached to an aromatic ring is 1. The van der Waals surface area contributed by atoms with Crippen LogP contribution in [0.2, 0.25) is 0 Å². The van der Waals surface area contributed by atoms with Crippen molar-refractivity contribution in [3.05, 3.63) is 34.4 Å². The average molecular weight is 290 g/mol. The normalized spacial score (nSPS) is 32.0. The summed E-state index contributed by atoms with van der Waals surface area (Å²) in [6.07, 6.45) is -5.84. The highest BCUT2D eigenvalue weighted by molar-refractivity contribution is 6.03. The molecule has 1 aromatic heterocycles. The molecule has 21 heavy (non-hydrogen) atoms. The molecule has 2 unspecified atom stereocenters. The van der Waals surface area contributed by atoms with Crippen molar-refractivity contribution in [1.82, 2.24) is 9.55 Å². The van der Waals surface area contributed by atoms with Crippen LogP contribution in [0, 0.1) is 6.92 Å². The highest BCUT2D eigenvalue weighted by Gasteiger charge is 2.30. The summed E-state index contributed by atoms with van der Waals surface area (Å²) in [6.45, 7) is 1.31. The molecule has 108 valence electrons. The quantitative estimate of drug-likeness (QED) is 0.628. The number of hydrogen-bond acceptors (Lipinski definition) is 5. The Labute approximate surface area is 127 Å². The second-order valence-corrected chi connectivity index (χ2v) is 4.65. The van der Waals surface area contributed by atoms with Gasteiger partial charge in [0.25, 0.3) is 5.56 Å². The molecule has 0 amide bonds. The SMILES string of the molecule is [2H]c1ccc(N)c2c(=O)n(C3([2H])C(=O)CC(=O)C([2H])([2H])C3[2H])c(C)nc12. The number of hydrogen-bond donors (Lipinski definition) is 1. The fraction of sp³-hybridized carbons (Fsp3) is 0.333. The zero-order chi connectivity index (χ0) is 19.6. The molecule has 1 aliphatic carbocycles. The number of Topliss-reactive ketones (excluding diaryl/α,β-unsaturated/α-hetero) is 2. The van der Waals surface area contributed by atoms with Gasteiger partial charge in [0.1, 0.15) is 11.6 Å². The first-order valence-electron chi connectivity index (χ1n) is 8.79. The lowest BCUT2D eigenvalue weighted by molar-refractivity contribution is -0.132. The predicted molar refractivity (Wildman–Crippen MR) is 78.1 cm³/mol. The first-order valence-corrected chi connectivity index (χ1v) is 6.21. The van der Waals surface area contributed by atoms with Gasteiger partial charge in [0, 0.05) is 16.2 Å². The Balaban J connectivity index is 2.42. The first-order chi connectivity index (χ1) is 11.9. The van der Waals surface area contributed by atoms with E-state index in [9.17, 15) is 14.4 Å². The molecule has 0 aliphatic heterocycles. The van der Waals surface area contributed by atoms with E-state index in [2.05, 4.69) is 4.98 Å². The van der Waals surface area contributed by atoms with Gasteiger partial charge in [0.05, 0.1) is 26.1 Å². The van der Waals surface area contributed by atoms with Gasteiger partial charge in [-0.1, -0.05) is 6.07 Å². The molecule has 1 aliphatic rings. The minimum atomic E-state index is -2.78. The molecule has 6 heteroatoms. The third kappa shape index (κ3) is 2.12. The number of fused-ring (bicyclic) bond motifs is 1. The maximum atomic E-state index is 13.0. The van der Waals surface area contributed by atoms with E-state index in [1.54, 1.807) is 0 Å². The Morgan fingerprint density at radius 2 is 2.29 bits per heavy atom. The zero-order valence-corrected chi connectivity index (χ0v) is 11.1. The third-order valence-electron chi connectivity index (χ3n) is 3.24. The summed E-state index contributed by atoms with van der Waals surface area (Å²) < 4.78 is 40.6. The lowest BCUT2D eigenvalue weighted by Gasteiger charge is -2.24. The Bertz CT molecular complexity index is 1040. The minimum absolute atomic E-state index is 0.0174. The second kappa shape index (κ2) is 4.80. The summed E-state index contributed by atoms with van der Waals surface area (Å²) in [6, 6.07) is -0.0953. The van der Waals surface area contributed by atoms with E-state index >= 15 is 0 Å². The molecule has 2 N–H and O–H groups in total. The van der Waals surface area contributed by atoms with Crippen LogP contribution in [0.5, 0.6) is 0 Å². The number of benzene rings is 1. The van der Waals surface area contributed by atoms with E-state index in [0.717, 1.165) is 0 Å². The zero-order valence-electron chi connectivity index (χ0n) is 16.1. The van der Waals surface area contributed by atoms with Crippen LogP contribution in [0.3, 0.4) is 0 Å². The fourth-order valence-electron chi connectivity index (χ4n) is 2.28. The number of anilines is 1. The third-order valence-corrected chi connectivity index (χ3v) is 3.24. The summed E-state index contributed by atoms with van der Waals surface area (Å²) in [4.78, 5) is 41.3. The monoisotopic (exact) mass is 290 g/mol. The first kappa shape index (κ1) is 8.71. The van der Waals surface area contributed by atoms with Gasteiger partial charge in [-0.2, -0.15) is 0 Å². The maximum Gasteiger partial charge on any atom is 0.264 e. The van der Waals surface area contributed by atoms with Crippen molar-refractivity contribution in [3.63, 3.8) is 0 Å². The lowest BCUT2D eigenvalue weighted by atomic mass is 9.92. The Kier molecular flexibility index (Phi) is 1.99. The molecule has 2 atom stereocenters. The van der Waals surface area contributed by atoms with Crippen LogP contribution in [-0.2, 0) is 9.59 Å². The van der Waals surface area contributed by atoms with Gasteiger partial charge in [-0.05, 0) is 25.4 Å². The molecule has 0 bridgehead atoms. The highest BCUT2D eigenvalue weighted by atomic mass is 16.2. The molecule has 1 heterocycles. The van der Waals surface area contributed by atoms with Crippen LogP contribution in [-0.4, -0.2) is 21.1 Å². The molecule has 1 fully saturated rings. The molecule has 6 nitrogen and oxygen atoms in total. The average Bonchev–Trinajstić information content (AvgIpc) is 2.55. The molecule has 0 saturated heterocycles. The van der Waals surface area contributed by atoms with E-state index < -0.39 is 42.3 Å². The van der Waals surface area contributed by atoms with Crippen molar-refractivity contribution in [2.45, 2.75) is 32.1 Å². The number of nitrogens with zero attached hydrogens (tertiary/aromatic N) is 2. The number of ketones is 2. The maximum absolute atomic E-state index is 13.0. The van der Waals surface area contributed by atoms with Crippen LogP contribution >= 0.6 is 0 Å². The summed E-state index contributed by atoms with van der Waals surface area (Å²) in [7, 11) is 0. The van der Waals surface area contributed by atoms with Crippen molar-refractivity contribution in [2.75, 3.05) is 5.73 Å². The Morgan fingerprint density at radius 1 is 1.52 bits per heavy atom. The summed E-state index contributed by atoms with van der Waals surface area (Å²) in [5.74, 6) is -2.31. The predicted octanol–water partition coefficient (Wildman–Crippen LogP) is 1.15. The molecule has 1 aromatic carbocycles. The molecule has 3 rings (SSSR count). The lowest BCUT2D eigenvalue weighted by Crippen LogP contribution is -2.36. The van der Waals surface area contributed by atoms with Crippen LogP contribution in [0.4, 0.5) is 5.69 Å². The van der Waals surface area contributed by atoms with Gasteiger partial charge in [0.15, 0.2) is 5.78 Å². The van der Waals surface area contributed by atoms with Crippen LogP contribution in [0.25, 0.3) is 10.9 Å². The molecule has 0 spiro atoms. The van der Waals surface area contributed by atoms with E-state index in [1.807, 2.05) is 0 Å². The van der Waals surface area contributed by atoms with Crippen LogP contribution in [0.1, 0.15) is 37.9 Å². The molecule has 0 radical (unpaired) electrons. The number of aromatic nitrogens is 2. The van der Waals surface area contributed by atoms with Crippen molar-refractivity contribution in [1.29, 1.82) is 0 Å². The topological polar surface area (TPSA) is 95.0 Å². The van der Waals surface area contributed by atoms with Crippen molar-refractivity contribution in [3.8, 4) is 0 Å². The molecular formula is C15H15N3O3. The minimum Gasteiger partial charge on any atom is -0.398 e. The van der Waals surface area contributed by atoms with Gasteiger partial charge >= 0.3 is 0 Å². The largest absolute Gasteiger partial charge is 0.398 e. The fourth-order valence-corrected chi connectivity index (χ4v) is 2.28. The van der Waals surface area contributed by atoms with Gasteiger partial charge in [-0.15, -0.1) is 0 Å². The van der Waals surface area contributed by atoms with Crippen molar-refractivity contribution >= 4 is 28.2 Å². The number of carbonyl (C=O) groups excluding carboxylic acids is 2. The number of rotatable bonds is 1. The molecular weight excluding hydrogens is 270 g/mol. The number of aryl methyl sites for hydroxylation is 1. The van der Waals surface area contributed by atoms with Crippen molar-refractivity contribution in [2.24, 2.45) is 0 Å². The number of nitrogens with two attached hydrogens (primary N) is 1. The van der Waals surface area contributed by atoms with Gasteiger partial charge in [-0.3, -0.25) is 19.0 Å². The standard InChI is InChI=1S/C15H15N3O3/c1-8-17-11-4-2-3-10(16)14(11)15(21)18(8)12-6-5-9(19)7-13(12)20/h2-4,12H,5-7,16H2,1H3/i4D,5D2,6D,12D. The summed E-state index contributed by atoms with van der Waals surface area (Å²) in [5.41, 5.74) is 4.84. The smallest absolute Gasteiger partial charge is 0.264 e. The summed E-state index contributed by atoms with van der Waals surface area (Å²) in [5, 5.41) is -0.188. The highest BCUT2D eigenvalue weighted by Crippen LogP contribution is 2.24. The number of carbonyl (C=O) groups is 2. The molecule has 2 aromatic rings. The van der Waals surface area contributed by atoms with E-state index in [-0.39, 0.29) is 28.5 Å². The van der Waals surface area contributed by atoms with Gasteiger partial charge in [-0.25, -0.2) is 4.98 Å². The van der Waals surface area contributed by atoms with E-state index in [0.29, 0.717) is 4.57 Å². The summed E-state index contributed by atoms with van der Waals surface area (Å²) >= 11 is 0. The van der Waals surface area contributed by atoms with Crippen LogP contribution in [0.15, 0.2) is 23.0 Å². The van der Waals surface area contributed by atoms with Crippen molar-refractivity contribution < 1.29 is 16.4 Å². The second-order valence-electron chi connectivity index (χ2n) is 4.65.